The van der Waals surface area contributed by atoms with Crippen LogP contribution in [0.15, 0.2) is 60.7 Å². The van der Waals surface area contributed by atoms with Crippen LogP contribution in [0.4, 0.5) is 5.95 Å². The summed E-state index contributed by atoms with van der Waals surface area (Å²) in [4.78, 5) is 20.5. The van der Waals surface area contributed by atoms with E-state index in [9.17, 15) is 4.79 Å². The molecule has 6 heteroatoms. The Morgan fingerprint density at radius 1 is 1.00 bits per heavy atom. The van der Waals surface area contributed by atoms with Gasteiger partial charge in [0, 0.05) is 11.1 Å². The molecule has 0 aliphatic heterocycles. The maximum Gasteiger partial charge on any atom is 0.241 e. The van der Waals surface area contributed by atoms with E-state index in [-0.39, 0.29) is 17.7 Å². The zero-order valence-electron chi connectivity index (χ0n) is 13.6. The molecule has 126 valence electrons. The van der Waals surface area contributed by atoms with E-state index in [4.69, 9.17) is 16.3 Å². The summed E-state index contributed by atoms with van der Waals surface area (Å²) >= 11 is 5.57. The Hall–Kier alpha value is -2.92. The van der Waals surface area contributed by atoms with Crippen molar-refractivity contribution in [1.82, 2.24) is 9.97 Å². The second-order valence-electron chi connectivity index (χ2n) is 5.24. The van der Waals surface area contributed by atoms with Crippen LogP contribution in [0.5, 0.6) is 5.75 Å². The van der Waals surface area contributed by atoms with Gasteiger partial charge in [-0.05, 0) is 30.3 Å². The van der Waals surface area contributed by atoms with Crippen molar-refractivity contribution in [3.8, 4) is 28.3 Å². The van der Waals surface area contributed by atoms with E-state index in [0.29, 0.717) is 11.4 Å². The fourth-order valence-electron chi connectivity index (χ4n) is 2.33. The van der Waals surface area contributed by atoms with Gasteiger partial charge in [-0.3, -0.25) is 10.1 Å². The maximum absolute atomic E-state index is 11.6. The average Bonchev–Trinajstić information content (AvgIpc) is 2.68. The van der Waals surface area contributed by atoms with Gasteiger partial charge in [0.15, 0.2) is 0 Å². The van der Waals surface area contributed by atoms with Gasteiger partial charge in [-0.2, -0.15) is 0 Å². The van der Waals surface area contributed by atoms with Crippen molar-refractivity contribution in [3.05, 3.63) is 60.7 Å². The lowest BCUT2D eigenvalue weighted by Crippen LogP contribution is -2.15. The molecule has 3 rings (SSSR count). The number of hydrogen-bond donors (Lipinski definition) is 1. The number of amides is 1. The molecule has 5 nitrogen and oxygen atoms in total. The third-order valence-corrected chi connectivity index (χ3v) is 3.80. The zero-order valence-corrected chi connectivity index (χ0v) is 14.3. The third kappa shape index (κ3) is 4.14. The van der Waals surface area contributed by atoms with Gasteiger partial charge in [0.05, 0.1) is 18.5 Å². The molecule has 0 aliphatic carbocycles. The molecule has 0 atom stereocenters. The molecule has 25 heavy (non-hydrogen) atoms. The number of anilines is 1. The van der Waals surface area contributed by atoms with E-state index in [1.807, 2.05) is 60.7 Å². The van der Waals surface area contributed by atoms with Gasteiger partial charge in [-0.15, -0.1) is 11.6 Å². The Balaban J connectivity index is 2.06. The summed E-state index contributed by atoms with van der Waals surface area (Å²) in [5, 5.41) is 2.62. The van der Waals surface area contributed by atoms with Crippen molar-refractivity contribution in [2.24, 2.45) is 0 Å². The first kappa shape index (κ1) is 16.9. The lowest BCUT2D eigenvalue weighted by Gasteiger charge is -2.09. The van der Waals surface area contributed by atoms with E-state index < -0.39 is 0 Å². The number of rotatable bonds is 5. The van der Waals surface area contributed by atoms with Gasteiger partial charge in [0.1, 0.15) is 11.6 Å². The number of methoxy groups -OCH3 is 1. The minimum Gasteiger partial charge on any atom is -0.497 e. The summed E-state index contributed by atoms with van der Waals surface area (Å²) in [5.74, 6) is 0.471. The van der Waals surface area contributed by atoms with E-state index in [0.717, 1.165) is 16.9 Å². The molecule has 1 aromatic heterocycles. The molecule has 1 amide bonds. The number of aromatic nitrogens is 2. The topological polar surface area (TPSA) is 64.1 Å². The number of nitrogens with one attached hydrogen (secondary N) is 1. The van der Waals surface area contributed by atoms with Crippen LogP contribution < -0.4 is 10.1 Å². The van der Waals surface area contributed by atoms with Crippen molar-refractivity contribution in [3.63, 3.8) is 0 Å². The van der Waals surface area contributed by atoms with Gasteiger partial charge >= 0.3 is 0 Å². The van der Waals surface area contributed by atoms with Crippen LogP contribution in [0.2, 0.25) is 0 Å². The first-order chi connectivity index (χ1) is 12.2. The van der Waals surface area contributed by atoms with Crippen molar-refractivity contribution in [2.75, 3.05) is 18.3 Å². The first-order valence-corrected chi connectivity index (χ1v) is 8.18. The highest BCUT2D eigenvalue weighted by Crippen LogP contribution is 2.26. The number of hydrogen-bond acceptors (Lipinski definition) is 4. The van der Waals surface area contributed by atoms with Crippen molar-refractivity contribution >= 4 is 23.5 Å². The molecule has 0 spiro atoms. The highest BCUT2D eigenvalue weighted by molar-refractivity contribution is 6.28. The fourth-order valence-corrected chi connectivity index (χ4v) is 2.39. The van der Waals surface area contributed by atoms with Crippen LogP contribution >= 0.6 is 11.6 Å². The summed E-state index contributed by atoms with van der Waals surface area (Å²) in [6.45, 7) is 0. The monoisotopic (exact) mass is 353 g/mol. The molecule has 1 N–H and O–H groups in total. The largest absolute Gasteiger partial charge is 0.497 e. The van der Waals surface area contributed by atoms with Crippen LogP contribution in [0.25, 0.3) is 22.5 Å². The standard InChI is InChI=1S/C19H16ClN3O2/c1-25-15-9-7-14(8-10-15)17-11-16(13-5-3-2-4-6-13)21-19(22-17)23-18(24)12-20/h2-11H,12H2,1H3,(H,21,22,23,24). The van der Waals surface area contributed by atoms with Gasteiger partial charge in [-0.1, -0.05) is 30.3 Å². The quantitative estimate of drug-likeness (QED) is 0.704. The predicted octanol–water partition coefficient (Wildman–Crippen LogP) is 4.00. The minimum atomic E-state index is -0.354. The van der Waals surface area contributed by atoms with Crippen molar-refractivity contribution < 1.29 is 9.53 Å². The summed E-state index contributed by atoms with van der Waals surface area (Å²) in [6, 6.07) is 19.1. The van der Waals surface area contributed by atoms with E-state index in [2.05, 4.69) is 15.3 Å². The normalized spacial score (nSPS) is 10.3. The molecule has 3 aromatic rings. The number of carbonyl (C=O) groups is 1. The molecule has 0 aliphatic rings. The maximum atomic E-state index is 11.6. The van der Waals surface area contributed by atoms with Gasteiger partial charge < -0.3 is 4.74 Å². The lowest BCUT2D eigenvalue weighted by molar-refractivity contribution is -0.114. The van der Waals surface area contributed by atoms with Crippen LogP contribution in [-0.4, -0.2) is 28.9 Å². The second kappa shape index (κ2) is 7.77. The molecule has 0 radical (unpaired) electrons. The molecule has 2 aromatic carbocycles. The minimum absolute atomic E-state index is 0.156. The smallest absolute Gasteiger partial charge is 0.241 e. The molecule has 0 bridgehead atoms. The van der Waals surface area contributed by atoms with Gasteiger partial charge in [0.25, 0.3) is 0 Å². The molecule has 1 heterocycles. The van der Waals surface area contributed by atoms with Gasteiger partial charge in [-0.25, -0.2) is 9.97 Å². The van der Waals surface area contributed by atoms with E-state index in [1.54, 1.807) is 7.11 Å². The van der Waals surface area contributed by atoms with Crippen LogP contribution in [0, 0.1) is 0 Å². The molecular formula is C19H16ClN3O2. The summed E-state index contributed by atoms with van der Waals surface area (Å²) in [6.07, 6.45) is 0. The van der Waals surface area contributed by atoms with Crippen LogP contribution in [0.1, 0.15) is 0 Å². The number of nitrogens with zero attached hydrogens (tertiary/aromatic N) is 2. The Labute approximate surface area is 150 Å². The summed E-state index contributed by atoms with van der Waals surface area (Å²) in [5.41, 5.74) is 3.23. The lowest BCUT2D eigenvalue weighted by atomic mass is 10.1. The fraction of sp³-hybridized carbons (Fsp3) is 0.105. The van der Waals surface area contributed by atoms with Crippen LogP contribution in [-0.2, 0) is 4.79 Å². The molecule has 0 fully saturated rings. The number of alkyl halides is 1. The number of benzene rings is 2. The Morgan fingerprint density at radius 2 is 1.60 bits per heavy atom. The van der Waals surface area contributed by atoms with E-state index in [1.165, 1.54) is 0 Å². The van der Waals surface area contributed by atoms with Crippen LogP contribution in [0.3, 0.4) is 0 Å². The SMILES string of the molecule is COc1ccc(-c2cc(-c3ccccc3)nc(NC(=O)CCl)n2)cc1. The van der Waals surface area contributed by atoms with Crippen molar-refractivity contribution in [2.45, 2.75) is 0 Å². The van der Waals surface area contributed by atoms with E-state index >= 15 is 0 Å². The molecular weight excluding hydrogens is 338 g/mol. The summed E-state index contributed by atoms with van der Waals surface area (Å²) in [7, 11) is 1.62. The number of ether oxygens (including phenoxy) is 1. The average molecular weight is 354 g/mol. The number of carbonyl (C=O) groups excluding carboxylic acids is 1. The molecule has 0 saturated heterocycles. The summed E-state index contributed by atoms with van der Waals surface area (Å²) < 4.78 is 5.18. The Morgan fingerprint density at radius 3 is 2.16 bits per heavy atom. The molecule has 0 saturated carbocycles. The second-order valence-corrected chi connectivity index (χ2v) is 5.51. The zero-order chi connectivity index (χ0) is 17.6. The Bertz CT molecular complexity index is 868. The third-order valence-electron chi connectivity index (χ3n) is 3.55. The highest BCUT2D eigenvalue weighted by Gasteiger charge is 2.10. The number of halogens is 1. The molecule has 0 unspecified atom stereocenters. The van der Waals surface area contributed by atoms with Gasteiger partial charge in [0.2, 0.25) is 11.9 Å². The predicted molar refractivity (Wildman–Crippen MR) is 98.8 cm³/mol. The Kier molecular flexibility index (Phi) is 5.26. The van der Waals surface area contributed by atoms with Crippen molar-refractivity contribution in [1.29, 1.82) is 0 Å². The highest BCUT2D eigenvalue weighted by atomic mass is 35.5. The first-order valence-electron chi connectivity index (χ1n) is 7.64.